The maximum absolute atomic E-state index is 12.7. The van der Waals surface area contributed by atoms with Gasteiger partial charge in [-0.3, -0.25) is 4.79 Å². The highest BCUT2D eigenvalue weighted by molar-refractivity contribution is 5.78. The molecule has 1 aromatic carbocycles. The highest BCUT2D eigenvalue weighted by Gasteiger charge is 2.30. The molecule has 1 aromatic heterocycles. The first-order valence-electron chi connectivity index (χ1n) is 8.42. The maximum Gasteiger partial charge on any atom is 0.261 e. The van der Waals surface area contributed by atoms with Crippen LogP contribution in [0, 0.1) is 13.8 Å². The summed E-state index contributed by atoms with van der Waals surface area (Å²) in [5.41, 5.74) is 1.16. The normalized spacial score (nSPS) is 18.2. The second-order valence-electron chi connectivity index (χ2n) is 6.23. The molecule has 0 radical (unpaired) electrons. The first-order valence-corrected chi connectivity index (χ1v) is 8.42. The van der Waals surface area contributed by atoms with Crippen LogP contribution in [0.3, 0.4) is 0 Å². The molecular formula is C18H23N3O3. The number of nitrogens with zero attached hydrogens (tertiary/aromatic N) is 3. The Kier molecular flexibility index (Phi) is 5.13. The van der Waals surface area contributed by atoms with Gasteiger partial charge in [-0.05, 0) is 38.8 Å². The van der Waals surface area contributed by atoms with E-state index in [0.29, 0.717) is 24.0 Å². The van der Waals surface area contributed by atoms with E-state index in [1.54, 1.807) is 6.92 Å². The molecule has 0 saturated carbocycles. The molecule has 0 spiro atoms. The van der Waals surface area contributed by atoms with E-state index in [9.17, 15) is 4.79 Å². The first-order chi connectivity index (χ1) is 11.6. The van der Waals surface area contributed by atoms with Crippen LogP contribution in [0.1, 0.15) is 49.0 Å². The van der Waals surface area contributed by atoms with Crippen molar-refractivity contribution in [3.8, 4) is 5.75 Å². The fourth-order valence-electron chi connectivity index (χ4n) is 2.97. The molecule has 2 heterocycles. The fraction of sp³-hybridized carbons (Fsp3) is 0.500. The molecule has 24 heavy (non-hydrogen) atoms. The van der Waals surface area contributed by atoms with Crippen LogP contribution >= 0.6 is 0 Å². The molecule has 0 bridgehead atoms. The number of likely N-dealkylation sites (tertiary alicyclic amines) is 1. The number of carbonyl (C=O) groups is 1. The van der Waals surface area contributed by atoms with Crippen molar-refractivity contribution in [2.24, 2.45) is 0 Å². The van der Waals surface area contributed by atoms with Gasteiger partial charge in [0.2, 0.25) is 5.89 Å². The predicted molar refractivity (Wildman–Crippen MR) is 88.6 cm³/mol. The number of aromatic nitrogens is 2. The highest BCUT2D eigenvalue weighted by Crippen LogP contribution is 2.29. The van der Waals surface area contributed by atoms with Gasteiger partial charge in [0.1, 0.15) is 11.8 Å². The van der Waals surface area contributed by atoms with Crippen molar-refractivity contribution in [1.29, 1.82) is 0 Å². The molecular weight excluding hydrogens is 306 g/mol. The SMILES string of the molecule is Cc1ccc(OCC(=O)N2CCCCCC2c2nc(C)no2)cc1. The van der Waals surface area contributed by atoms with Crippen LogP contribution in [0.5, 0.6) is 5.75 Å². The molecule has 3 rings (SSSR count). The zero-order valence-electron chi connectivity index (χ0n) is 14.2. The zero-order valence-corrected chi connectivity index (χ0v) is 14.2. The molecule has 1 aliphatic rings. The summed E-state index contributed by atoms with van der Waals surface area (Å²) >= 11 is 0. The van der Waals surface area contributed by atoms with Gasteiger partial charge in [0.05, 0.1) is 0 Å². The predicted octanol–water partition coefficient (Wildman–Crippen LogP) is 3.21. The Bertz CT molecular complexity index is 681. The molecule has 0 N–H and O–H groups in total. The Morgan fingerprint density at radius 3 is 2.75 bits per heavy atom. The van der Waals surface area contributed by atoms with Gasteiger partial charge in [-0.1, -0.05) is 35.7 Å². The van der Waals surface area contributed by atoms with Gasteiger partial charge in [0.15, 0.2) is 12.4 Å². The third kappa shape index (κ3) is 3.93. The number of hydrogen-bond acceptors (Lipinski definition) is 5. The molecule has 1 amide bonds. The number of hydrogen-bond donors (Lipinski definition) is 0. The van der Waals surface area contributed by atoms with Crippen molar-refractivity contribution in [3.05, 3.63) is 41.5 Å². The van der Waals surface area contributed by atoms with Crippen LogP contribution in [-0.4, -0.2) is 34.1 Å². The van der Waals surface area contributed by atoms with Crippen molar-refractivity contribution in [2.45, 2.75) is 45.6 Å². The average molecular weight is 329 g/mol. The summed E-state index contributed by atoms with van der Waals surface area (Å²) in [5.74, 6) is 1.78. The largest absolute Gasteiger partial charge is 0.484 e. The lowest BCUT2D eigenvalue weighted by Crippen LogP contribution is -2.38. The Labute approximate surface area is 141 Å². The smallest absolute Gasteiger partial charge is 0.261 e. The lowest BCUT2D eigenvalue weighted by Gasteiger charge is -2.27. The van der Waals surface area contributed by atoms with Crippen molar-refractivity contribution in [1.82, 2.24) is 15.0 Å². The summed E-state index contributed by atoms with van der Waals surface area (Å²) in [6.45, 7) is 4.52. The summed E-state index contributed by atoms with van der Waals surface area (Å²) in [7, 11) is 0. The molecule has 1 aliphatic heterocycles. The summed E-state index contributed by atoms with van der Waals surface area (Å²) < 4.78 is 11.0. The maximum atomic E-state index is 12.7. The van der Waals surface area contributed by atoms with E-state index < -0.39 is 0 Å². The summed E-state index contributed by atoms with van der Waals surface area (Å²) in [6, 6.07) is 7.54. The molecule has 0 aliphatic carbocycles. The number of benzene rings is 1. The molecule has 6 heteroatoms. The van der Waals surface area contributed by atoms with Crippen molar-refractivity contribution in [2.75, 3.05) is 13.2 Å². The molecule has 6 nitrogen and oxygen atoms in total. The molecule has 2 aromatic rings. The Balaban J connectivity index is 1.68. The van der Waals surface area contributed by atoms with E-state index in [2.05, 4.69) is 10.1 Å². The minimum absolute atomic E-state index is 0.0205. The quantitative estimate of drug-likeness (QED) is 0.861. The molecule has 1 unspecified atom stereocenters. The van der Waals surface area contributed by atoms with E-state index in [0.717, 1.165) is 31.2 Å². The monoisotopic (exact) mass is 329 g/mol. The van der Waals surface area contributed by atoms with Crippen LogP contribution in [0.25, 0.3) is 0 Å². The Morgan fingerprint density at radius 1 is 1.25 bits per heavy atom. The zero-order chi connectivity index (χ0) is 16.9. The van der Waals surface area contributed by atoms with Gasteiger partial charge in [-0.2, -0.15) is 4.98 Å². The second kappa shape index (κ2) is 7.47. The van der Waals surface area contributed by atoms with Crippen LogP contribution in [0.15, 0.2) is 28.8 Å². The van der Waals surface area contributed by atoms with Crippen LogP contribution in [-0.2, 0) is 4.79 Å². The number of aryl methyl sites for hydroxylation is 2. The summed E-state index contributed by atoms with van der Waals surface area (Å²) in [6.07, 6.45) is 3.98. The van der Waals surface area contributed by atoms with Crippen molar-refractivity contribution < 1.29 is 14.1 Å². The van der Waals surface area contributed by atoms with Gasteiger partial charge in [0.25, 0.3) is 5.91 Å². The minimum Gasteiger partial charge on any atom is -0.484 e. The van der Waals surface area contributed by atoms with Gasteiger partial charge >= 0.3 is 0 Å². The van der Waals surface area contributed by atoms with E-state index in [-0.39, 0.29) is 18.6 Å². The van der Waals surface area contributed by atoms with E-state index >= 15 is 0 Å². The van der Waals surface area contributed by atoms with Crippen molar-refractivity contribution in [3.63, 3.8) is 0 Å². The molecule has 1 saturated heterocycles. The minimum atomic E-state index is -0.150. The van der Waals surface area contributed by atoms with Gasteiger partial charge in [-0.15, -0.1) is 0 Å². The Morgan fingerprint density at radius 2 is 2.04 bits per heavy atom. The fourth-order valence-corrected chi connectivity index (χ4v) is 2.97. The Hall–Kier alpha value is -2.37. The lowest BCUT2D eigenvalue weighted by molar-refractivity contribution is -0.136. The average Bonchev–Trinajstić information content (AvgIpc) is 2.86. The van der Waals surface area contributed by atoms with Crippen LogP contribution in [0.2, 0.25) is 0 Å². The molecule has 1 fully saturated rings. The van der Waals surface area contributed by atoms with E-state index in [1.165, 1.54) is 0 Å². The third-order valence-corrected chi connectivity index (χ3v) is 4.28. The van der Waals surface area contributed by atoms with Crippen LogP contribution in [0.4, 0.5) is 0 Å². The van der Waals surface area contributed by atoms with E-state index in [1.807, 2.05) is 36.1 Å². The first kappa shape index (κ1) is 16.5. The van der Waals surface area contributed by atoms with E-state index in [4.69, 9.17) is 9.26 Å². The summed E-state index contributed by atoms with van der Waals surface area (Å²) in [5, 5.41) is 3.86. The summed E-state index contributed by atoms with van der Waals surface area (Å²) in [4.78, 5) is 18.8. The van der Waals surface area contributed by atoms with Crippen molar-refractivity contribution >= 4 is 5.91 Å². The number of rotatable bonds is 4. The molecule has 1 atom stereocenters. The third-order valence-electron chi connectivity index (χ3n) is 4.28. The van der Waals surface area contributed by atoms with Gasteiger partial charge in [0, 0.05) is 6.54 Å². The number of ether oxygens (including phenoxy) is 1. The number of carbonyl (C=O) groups excluding carboxylic acids is 1. The topological polar surface area (TPSA) is 68.5 Å². The van der Waals surface area contributed by atoms with Gasteiger partial charge in [-0.25, -0.2) is 0 Å². The molecule has 128 valence electrons. The second-order valence-corrected chi connectivity index (χ2v) is 6.23. The van der Waals surface area contributed by atoms with Crippen LogP contribution < -0.4 is 4.74 Å². The lowest BCUT2D eigenvalue weighted by atomic mass is 10.1. The highest BCUT2D eigenvalue weighted by atomic mass is 16.5. The van der Waals surface area contributed by atoms with Gasteiger partial charge < -0.3 is 14.2 Å². The number of amides is 1. The standard InChI is InChI=1S/C18H23N3O3/c1-13-7-9-15(10-8-13)23-12-17(22)21-11-5-3-4-6-16(21)18-19-14(2)20-24-18/h7-10,16H,3-6,11-12H2,1-2H3.